The van der Waals surface area contributed by atoms with Crippen molar-refractivity contribution in [3.63, 3.8) is 0 Å². The average molecular weight is 306 g/mol. The third kappa shape index (κ3) is 2.47. The largest absolute Gasteiger partial charge is 0.381 e. The lowest BCUT2D eigenvalue weighted by Gasteiger charge is -2.33. The molecule has 2 aromatic rings. The molecule has 3 rings (SSSR count). The molecule has 0 radical (unpaired) electrons. The lowest BCUT2D eigenvalue weighted by molar-refractivity contribution is -0.384. The van der Waals surface area contributed by atoms with Gasteiger partial charge in [-0.15, -0.1) is 0 Å². The molecule has 1 atom stereocenters. The number of nitro groups is 1. The van der Waals surface area contributed by atoms with E-state index in [1.165, 1.54) is 6.07 Å². The quantitative estimate of drug-likeness (QED) is 0.531. The van der Waals surface area contributed by atoms with Gasteiger partial charge in [0.25, 0.3) is 5.69 Å². The highest BCUT2D eigenvalue weighted by Gasteiger charge is 2.34. The van der Waals surface area contributed by atoms with Gasteiger partial charge in [-0.3, -0.25) is 15.2 Å². The van der Waals surface area contributed by atoms with Crippen LogP contribution >= 0.6 is 12.2 Å². The van der Waals surface area contributed by atoms with Crippen LogP contribution in [0.3, 0.4) is 0 Å². The lowest BCUT2D eigenvalue weighted by Crippen LogP contribution is -2.35. The highest BCUT2D eigenvalue weighted by molar-refractivity contribution is 7.71. The number of hydrogen-bond acceptors (Lipinski definition) is 5. The van der Waals surface area contributed by atoms with E-state index in [9.17, 15) is 10.1 Å². The Balaban J connectivity index is 2.08. The first-order valence-electron chi connectivity index (χ1n) is 6.51. The second-order valence-electron chi connectivity index (χ2n) is 5.07. The predicted octanol–water partition coefficient (Wildman–Crippen LogP) is 2.16. The molecule has 0 saturated carbocycles. The van der Waals surface area contributed by atoms with Crippen molar-refractivity contribution in [1.82, 2.24) is 14.8 Å². The minimum absolute atomic E-state index is 0.0726. The van der Waals surface area contributed by atoms with Crippen molar-refractivity contribution in [2.45, 2.75) is 5.92 Å². The van der Waals surface area contributed by atoms with Crippen molar-refractivity contribution in [3.05, 3.63) is 50.5 Å². The first-order valence-corrected chi connectivity index (χ1v) is 6.92. The zero-order chi connectivity index (χ0) is 15.0. The monoisotopic (exact) mass is 306 g/mol. The Labute approximate surface area is 125 Å². The first-order chi connectivity index (χ1) is 10.1. The molecule has 1 aliphatic heterocycles. The molecule has 0 aliphatic carbocycles. The van der Waals surface area contributed by atoms with Crippen molar-refractivity contribution >= 4 is 17.9 Å². The summed E-state index contributed by atoms with van der Waals surface area (Å²) in [5.74, 6) is 0.946. The van der Waals surface area contributed by atoms with Crippen molar-refractivity contribution in [2.24, 2.45) is 13.0 Å². The molecule has 8 heteroatoms. The summed E-state index contributed by atoms with van der Waals surface area (Å²) < 4.78 is 7.61. The maximum absolute atomic E-state index is 11.0. The molecule has 7 nitrogen and oxygen atoms in total. The normalized spacial score (nSPS) is 16.4. The zero-order valence-corrected chi connectivity index (χ0v) is 12.2. The van der Waals surface area contributed by atoms with Gasteiger partial charge in [0.15, 0.2) is 4.77 Å². The molecule has 21 heavy (non-hydrogen) atoms. The first kappa shape index (κ1) is 13.9. The Bertz CT molecular complexity index is 735. The number of benzene rings is 1. The van der Waals surface area contributed by atoms with Crippen molar-refractivity contribution in [1.29, 1.82) is 0 Å². The van der Waals surface area contributed by atoms with E-state index < -0.39 is 0 Å². The van der Waals surface area contributed by atoms with Crippen molar-refractivity contribution in [3.8, 4) is 0 Å². The van der Waals surface area contributed by atoms with Crippen LogP contribution in [0.4, 0.5) is 5.69 Å². The van der Waals surface area contributed by atoms with E-state index in [0.29, 0.717) is 18.0 Å². The summed E-state index contributed by atoms with van der Waals surface area (Å²) >= 11 is 5.16. The molecule has 1 unspecified atom stereocenters. The fourth-order valence-electron chi connectivity index (χ4n) is 2.55. The van der Waals surface area contributed by atoms with E-state index in [-0.39, 0.29) is 22.4 Å². The van der Waals surface area contributed by atoms with Crippen LogP contribution < -0.4 is 0 Å². The van der Waals surface area contributed by atoms with Gasteiger partial charge in [0, 0.05) is 25.1 Å². The van der Waals surface area contributed by atoms with Gasteiger partial charge in [-0.25, -0.2) is 0 Å². The lowest BCUT2D eigenvalue weighted by atomic mass is 9.84. The molecule has 0 spiro atoms. The number of nitro benzene ring substituents is 1. The SMILES string of the molecule is Cn1c(C(c2cccc([N+](=O)[O-])c2)C2COC2)n[nH]c1=S. The number of hydrogen-bond donors (Lipinski definition) is 1. The smallest absolute Gasteiger partial charge is 0.269 e. The predicted molar refractivity (Wildman–Crippen MR) is 77.6 cm³/mol. The van der Waals surface area contributed by atoms with Crippen LogP contribution in [0, 0.1) is 20.8 Å². The van der Waals surface area contributed by atoms with Crippen molar-refractivity contribution in [2.75, 3.05) is 13.2 Å². The zero-order valence-electron chi connectivity index (χ0n) is 11.4. The highest BCUT2D eigenvalue weighted by Crippen LogP contribution is 2.36. The number of aromatic amines is 1. The number of aromatic nitrogens is 3. The summed E-state index contributed by atoms with van der Waals surface area (Å²) in [6.07, 6.45) is 0. The number of nitrogens with one attached hydrogen (secondary N) is 1. The van der Waals surface area contributed by atoms with Gasteiger partial charge in [-0.1, -0.05) is 12.1 Å². The average Bonchev–Trinajstić information content (AvgIpc) is 2.74. The van der Waals surface area contributed by atoms with Crippen LogP contribution in [0.2, 0.25) is 0 Å². The maximum atomic E-state index is 11.0. The van der Waals surface area contributed by atoms with Gasteiger partial charge in [0.1, 0.15) is 5.82 Å². The molecular formula is C13H14N4O3S. The van der Waals surface area contributed by atoms with Crippen LogP contribution in [0.5, 0.6) is 0 Å². The Morgan fingerprint density at radius 3 is 2.86 bits per heavy atom. The molecule has 1 aromatic carbocycles. The molecule has 2 heterocycles. The third-order valence-electron chi connectivity index (χ3n) is 3.77. The summed E-state index contributed by atoms with van der Waals surface area (Å²) in [7, 11) is 1.84. The van der Waals surface area contributed by atoms with E-state index in [1.807, 2.05) is 13.1 Å². The maximum Gasteiger partial charge on any atom is 0.269 e. The molecule has 1 aliphatic rings. The molecule has 1 N–H and O–H groups in total. The van der Waals surface area contributed by atoms with Gasteiger partial charge >= 0.3 is 0 Å². The fourth-order valence-corrected chi connectivity index (χ4v) is 2.69. The van der Waals surface area contributed by atoms with Crippen LogP contribution in [0.25, 0.3) is 0 Å². The standard InChI is InChI=1S/C13H14N4O3S/c1-16-12(14-15-13(16)21)11(9-6-20-7-9)8-3-2-4-10(5-8)17(18)19/h2-5,9,11H,6-7H2,1H3,(H,15,21). The molecule has 0 amide bonds. The highest BCUT2D eigenvalue weighted by atomic mass is 32.1. The number of nitrogens with zero attached hydrogens (tertiary/aromatic N) is 3. The molecule has 1 saturated heterocycles. The van der Waals surface area contributed by atoms with Gasteiger partial charge in [0.05, 0.1) is 24.1 Å². The van der Waals surface area contributed by atoms with Gasteiger partial charge < -0.3 is 9.30 Å². The van der Waals surface area contributed by atoms with Crippen LogP contribution in [0.15, 0.2) is 24.3 Å². The van der Waals surface area contributed by atoms with E-state index in [2.05, 4.69) is 10.2 Å². The second-order valence-corrected chi connectivity index (χ2v) is 5.46. The second kappa shape index (κ2) is 5.38. The Kier molecular flexibility index (Phi) is 3.56. The fraction of sp³-hybridized carbons (Fsp3) is 0.385. The summed E-state index contributed by atoms with van der Waals surface area (Å²) in [5, 5.41) is 18.0. The summed E-state index contributed by atoms with van der Waals surface area (Å²) in [4.78, 5) is 10.6. The molecular weight excluding hydrogens is 292 g/mol. The topological polar surface area (TPSA) is 86.0 Å². The Morgan fingerprint density at radius 2 is 2.33 bits per heavy atom. The number of rotatable bonds is 4. The van der Waals surface area contributed by atoms with Gasteiger partial charge in [-0.05, 0) is 17.8 Å². The molecule has 1 aromatic heterocycles. The van der Waals surface area contributed by atoms with Crippen LogP contribution in [0.1, 0.15) is 17.3 Å². The Morgan fingerprint density at radius 1 is 1.57 bits per heavy atom. The minimum atomic E-state index is -0.388. The number of H-pyrrole nitrogens is 1. The molecule has 1 fully saturated rings. The number of ether oxygens (including phenoxy) is 1. The summed E-state index contributed by atoms with van der Waals surface area (Å²) in [6, 6.07) is 6.66. The third-order valence-corrected chi connectivity index (χ3v) is 4.13. The molecule has 110 valence electrons. The minimum Gasteiger partial charge on any atom is -0.381 e. The van der Waals surface area contributed by atoms with Crippen LogP contribution in [-0.2, 0) is 11.8 Å². The van der Waals surface area contributed by atoms with Crippen LogP contribution in [-0.4, -0.2) is 32.9 Å². The summed E-state index contributed by atoms with van der Waals surface area (Å²) in [6.45, 7) is 1.24. The van der Waals surface area contributed by atoms with E-state index >= 15 is 0 Å². The van der Waals surface area contributed by atoms with E-state index in [4.69, 9.17) is 17.0 Å². The van der Waals surface area contributed by atoms with Gasteiger partial charge in [0.2, 0.25) is 0 Å². The van der Waals surface area contributed by atoms with E-state index in [1.54, 1.807) is 16.7 Å². The summed E-state index contributed by atoms with van der Waals surface area (Å²) in [5.41, 5.74) is 0.934. The Hall–Kier alpha value is -2.06. The number of non-ortho nitro benzene ring substituents is 1. The van der Waals surface area contributed by atoms with Gasteiger partial charge in [-0.2, -0.15) is 5.10 Å². The van der Waals surface area contributed by atoms with E-state index in [0.717, 1.165) is 11.4 Å². The molecule has 0 bridgehead atoms. The van der Waals surface area contributed by atoms with Crippen molar-refractivity contribution < 1.29 is 9.66 Å².